The van der Waals surface area contributed by atoms with Crippen LogP contribution < -0.4 is 5.32 Å². The van der Waals surface area contributed by atoms with E-state index in [0.29, 0.717) is 0 Å². The second-order valence-electron chi connectivity index (χ2n) is 4.86. The second kappa shape index (κ2) is 4.83. The number of carbonyl (C=O) groups is 2. The number of hydrogen-bond donors (Lipinski definition) is 2. The molecule has 0 spiro atoms. The van der Waals surface area contributed by atoms with Gasteiger partial charge in [0.1, 0.15) is 11.7 Å². The molecule has 1 rings (SSSR count). The molecule has 2 N–H and O–H groups in total. The molecule has 94 valence electrons. The second-order valence-corrected chi connectivity index (χ2v) is 5.92. The van der Waals surface area contributed by atoms with Crippen molar-refractivity contribution in [1.82, 2.24) is 10.3 Å². The fourth-order valence-electron chi connectivity index (χ4n) is 1.32. The van der Waals surface area contributed by atoms with Crippen molar-refractivity contribution in [3.05, 3.63) is 16.1 Å². The number of carboxylic acids is 1. The Kier molecular flexibility index (Phi) is 3.87. The predicted octanol–water partition coefficient (Wildman–Crippen LogP) is 1.68. The number of hydrogen-bond acceptors (Lipinski definition) is 4. The first-order chi connectivity index (χ1) is 7.71. The Labute approximate surface area is 104 Å². The summed E-state index contributed by atoms with van der Waals surface area (Å²) in [6, 6.07) is -0.933. The lowest BCUT2D eigenvalue weighted by molar-refractivity contribution is -0.142. The summed E-state index contributed by atoms with van der Waals surface area (Å²) in [5.41, 5.74) is -0.282. The molecule has 0 bridgehead atoms. The molecule has 0 aliphatic heterocycles. The zero-order valence-corrected chi connectivity index (χ0v) is 11.1. The number of carbonyl (C=O) groups excluding carboxylic acids is 1. The molecule has 1 aromatic rings. The molecule has 5 nitrogen and oxygen atoms in total. The van der Waals surface area contributed by atoms with Crippen LogP contribution in [0.4, 0.5) is 0 Å². The highest BCUT2D eigenvalue weighted by Crippen LogP contribution is 2.20. The maximum absolute atomic E-state index is 11.8. The lowest BCUT2D eigenvalue weighted by atomic mass is 9.87. The van der Waals surface area contributed by atoms with Gasteiger partial charge in [0, 0.05) is 5.38 Å². The van der Waals surface area contributed by atoms with Gasteiger partial charge in [-0.05, 0) is 12.3 Å². The third-order valence-electron chi connectivity index (χ3n) is 2.24. The summed E-state index contributed by atoms with van der Waals surface area (Å²) >= 11 is 1.36. The number of amides is 1. The number of aromatic nitrogens is 1. The molecule has 17 heavy (non-hydrogen) atoms. The first-order valence-corrected chi connectivity index (χ1v) is 6.05. The summed E-state index contributed by atoms with van der Waals surface area (Å²) < 4.78 is 0. The van der Waals surface area contributed by atoms with Gasteiger partial charge in [0.25, 0.3) is 5.91 Å². The fraction of sp³-hybridized carbons (Fsp3) is 0.545. The van der Waals surface area contributed by atoms with E-state index in [-0.39, 0.29) is 5.69 Å². The van der Waals surface area contributed by atoms with Crippen LogP contribution in [0.3, 0.4) is 0 Å². The molecule has 0 fully saturated rings. The van der Waals surface area contributed by atoms with Crippen molar-refractivity contribution in [2.75, 3.05) is 0 Å². The largest absolute Gasteiger partial charge is 0.480 e. The summed E-state index contributed by atoms with van der Waals surface area (Å²) in [5.74, 6) is -1.49. The number of carboxylic acid groups (broad SMARTS) is 1. The maximum Gasteiger partial charge on any atom is 0.326 e. The molecule has 1 aromatic heterocycles. The van der Waals surface area contributed by atoms with Gasteiger partial charge >= 0.3 is 5.97 Å². The smallest absolute Gasteiger partial charge is 0.326 e. The normalized spacial score (nSPS) is 13.2. The quantitative estimate of drug-likeness (QED) is 0.862. The fourth-order valence-corrected chi connectivity index (χ4v) is 1.91. The van der Waals surface area contributed by atoms with Gasteiger partial charge in [-0.1, -0.05) is 20.8 Å². The Balaban J connectivity index is 2.82. The van der Waals surface area contributed by atoms with Crippen LogP contribution in [-0.2, 0) is 4.79 Å². The lowest BCUT2D eigenvalue weighted by Crippen LogP contribution is -2.49. The standard InChI is InChI=1S/C11H16N2O3S/c1-6-12-7(5-17-6)9(14)13-8(10(15)16)11(2,3)4/h5,8H,1-4H3,(H,13,14)(H,15,16)/t8-/m1/s1. The van der Waals surface area contributed by atoms with Crippen LogP contribution in [0.1, 0.15) is 36.3 Å². The molecule has 0 aliphatic carbocycles. The number of nitrogens with one attached hydrogen (secondary N) is 1. The van der Waals surface area contributed by atoms with E-state index < -0.39 is 23.3 Å². The van der Waals surface area contributed by atoms with Crippen molar-refractivity contribution in [2.24, 2.45) is 5.41 Å². The minimum absolute atomic E-state index is 0.267. The van der Waals surface area contributed by atoms with Gasteiger partial charge in [-0.2, -0.15) is 0 Å². The van der Waals surface area contributed by atoms with Crippen LogP contribution in [0.5, 0.6) is 0 Å². The Bertz CT molecular complexity index is 434. The van der Waals surface area contributed by atoms with Crippen molar-refractivity contribution in [2.45, 2.75) is 33.7 Å². The van der Waals surface area contributed by atoms with E-state index in [1.54, 1.807) is 33.1 Å². The van der Waals surface area contributed by atoms with E-state index in [2.05, 4.69) is 10.3 Å². The van der Waals surface area contributed by atoms with E-state index in [1.165, 1.54) is 11.3 Å². The molecular formula is C11H16N2O3S. The first-order valence-electron chi connectivity index (χ1n) is 5.17. The average Bonchev–Trinajstić information content (AvgIpc) is 2.58. The third kappa shape index (κ3) is 3.52. The minimum atomic E-state index is -1.04. The zero-order chi connectivity index (χ0) is 13.2. The van der Waals surface area contributed by atoms with Gasteiger partial charge in [0.2, 0.25) is 0 Å². The van der Waals surface area contributed by atoms with E-state index in [1.807, 2.05) is 0 Å². The van der Waals surface area contributed by atoms with Crippen molar-refractivity contribution < 1.29 is 14.7 Å². The number of aliphatic carboxylic acids is 1. The van der Waals surface area contributed by atoms with Crippen LogP contribution in [0.2, 0.25) is 0 Å². The molecule has 0 aliphatic rings. The number of aryl methyl sites for hydroxylation is 1. The minimum Gasteiger partial charge on any atom is -0.480 e. The third-order valence-corrected chi connectivity index (χ3v) is 3.01. The number of thiazole rings is 1. The van der Waals surface area contributed by atoms with Crippen molar-refractivity contribution in [3.63, 3.8) is 0 Å². The average molecular weight is 256 g/mol. The van der Waals surface area contributed by atoms with Gasteiger partial charge in [-0.25, -0.2) is 9.78 Å². The van der Waals surface area contributed by atoms with Gasteiger partial charge in [0.15, 0.2) is 0 Å². The Morgan fingerprint density at radius 3 is 2.41 bits per heavy atom. The molecule has 0 radical (unpaired) electrons. The van der Waals surface area contributed by atoms with E-state index >= 15 is 0 Å². The van der Waals surface area contributed by atoms with E-state index in [4.69, 9.17) is 5.11 Å². The maximum atomic E-state index is 11.8. The summed E-state index contributed by atoms with van der Waals surface area (Å²) in [5, 5.41) is 14.0. The van der Waals surface area contributed by atoms with Gasteiger partial charge in [-0.15, -0.1) is 11.3 Å². The molecule has 1 atom stereocenters. The molecule has 0 unspecified atom stereocenters. The lowest BCUT2D eigenvalue weighted by Gasteiger charge is -2.27. The van der Waals surface area contributed by atoms with Crippen molar-refractivity contribution >= 4 is 23.2 Å². The molecule has 0 saturated heterocycles. The van der Waals surface area contributed by atoms with Crippen LogP contribution in [0.25, 0.3) is 0 Å². The summed E-state index contributed by atoms with van der Waals surface area (Å²) in [6.45, 7) is 7.08. The molecule has 0 saturated carbocycles. The van der Waals surface area contributed by atoms with Gasteiger partial charge in [0.05, 0.1) is 5.01 Å². The van der Waals surface area contributed by atoms with Gasteiger partial charge < -0.3 is 10.4 Å². The summed E-state index contributed by atoms with van der Waals surface area (Å²) in [4.78, 5) is 26.9. The molecule has 6 heteroatoms. The van der Waals surface area contributed by atoms with Crippen LogP contribution in [0.15, 0.2) is 5.38 Å². The first kappa shape index (κ1) is 13.6. The van der Waals surface area contributed by atoms with Crippen LogP contribution in [0, 0.1) is 12.3 Å². The molecule has 1 heterocycles. The highest BCUT2D eigenvalue weighted by molar-refractivity contribution is 7.09. The number of rotatable bonds is 3. The van der Waals surface area contributed by atoms with E-state index in [0.717, 1.165) is 5.01 Å². The SMILES string of the molecule is Cc1nc(C(=O)N[C@H](C(=O)O)C(C)(C)C)cs1. The van der Waals surface area contributed by atoms with Crippen molar-refractivity contribution in [1.29, 1.82) is 0 Å². The zero-order valence-electron chi connectivity index (χ0n) is 10.3. The Morgan fingerprint density at radius 1 is 1.47 bits per heavy atom. The predicted molar refractivity (Wildman–Crippen MR) is 65.2 cm³/mol. The highest BCUT2D eigenvalue weighted by atomic mass is 32.1. The number of nitrogens with zero attached hydrogens (tertiary/aromatic N) is 1. The van der Waals surface area contributed by atoms with E-state index in [9.17, 15) is 9.59 Å². The topological polar surface area (TPSA) is 79.3 Å². The van der Waals surface area contributed by atoms with Crippen LogP contribution in [-0.4, -0.2) is 28.0 Å². The monoisotopic (exact) mass is 256 g/mol. The molecule has 1 amide bonds. The summed E-state index contributed by atoms with van der Waals surface area (Å²) in [7, 11) is 0. The molecule has 0 aromatic carbocycles. The highest BCUT2D eigenvalue weighted by Gasteiger charge is 2.33. The van der Waals surface area contributed by atoms with Crippen LogP contribution >= 0.6 is 11.3 Å². The Hall–Kier alpha value is -1.43. The summed E-state index contributed by atoms with van der Waals surface area (Å²) in [6.07, 6.45) is 0. The van der Waals surface area contributed by atoms with Gasteiger partial charge in [-0.3, -0.25) is 4.79 Å². The molecular weight excluding hydrogens is 240 g/mol. The van der Waals surface area contributed by atoms with Crippen molar-refractivity contribution in [3.8, 4) is 0 Å². The Morgan fingerprint density at radius 2 is 2.06 bits per heavy atom.